The Bertz CT molecular complexity index is 408. The molecule has 0 bridgehead atoms. The SMILES string of the molecule is CCC1(CC)CCN(Cc2ccc(C)c(N)c2)C1. The van der Waals surface area contributed by atoms with Crippen molar-refractivity contribution in [2.24, 2.45) is 5.41 Å². The molecule has 1 heterocycles. The van der Waals surface area contributed by atoms with E-state index >= 15 is 0 Å². The molecule has 1 aromatic carbocycles. The first-order chi connectivity index (χ1) is 8.58. The van der Waals surface area contributed by atoms with Gasteiger partial charge in [0, 0.05) is 18.8 Å². The van der Waals surface area contributed by atoms with Gasteiger partial charge < -0.3 is 5.73 Å². The van der Waals surface area contributed by atoms with Gasteiger partial charge in [0.2, 0.25) is 0 Å². The maximum atomic E-state index is 5.98. The lowest BCUT2D eigenvalue weighted by Crippen LogP contribution is -2.26. The number of nitrogens with two attached hydrogens (primary N) is 1. The first-order valence-corrected chi connectivity index (χ1v) is 7.16. The summed E-state index contributed by atoms with van der Waals surface area (Å²) in [5.74, 6) is 0. The van der Waals surface area contributed by atoms with Gasteiger partial charge in [-0.1, -0.05) is 26.0 Å². The minimum absolute atomic E-state index is 0.566. The van der Waals surface area contributed by atoms with Crippen molar-refractivity contribution in [3.63, 3.8) is 0 Å². The highest BCUT2D eigenvalue weighted by Crippen LogP contribution is 2.37. The van der Waals surface area contributed by atoms with Crippen LogP contribution < -0.4 is 5.73 Å². The topological polar surface area (TPSA) is 29.3 Å². The lowest BCUT2D eigenvalue weighted by molar-refractivity contribution is 0.236. The van der Waals surface area contributed by atoms with Crippen molar-refractivity contribution in [1.82, 2.24) is 4.90 Å². The number of benzene rings is 1. The van der Waals surface area contributed by atoms with Crippen LogP contribution in [0.25, 0.3) is 0 Å². The van der Waals surface area contributed by atoms with Crippen LogP contribution in [-0.4, -0.2) is 18.0 Å². The number of anilines is 1. The molecule has 1 aliphatic rings. The Labute approximate surface area is 111 Å². The number of likely N-dealkylation sites (tertiary alicyclic amines) is 1. The third-order valence-electron chi connectivity index (χ3n) is 4.77. The molecule has 0 amide bonds. The Morgan fingerprint density at radius 3 is 2.56 bits per heavy atom. The Morgan fingerprint density at radius 1 is 1.28 bits per heavy atom. The van der Waals surface area contributed by atoms with E-state index in [0.717, 1.165) is 12.2 Å². The summed E-state index contributed by atoms with van der Waals surface area (Å²) in [6, 6.07) is 6.48. The van der Waals surface area contributed by atoms with E-state index in [9.17, 15) is 0 Å². The Morgan fingerprint density at radius 2 is 2.00 bits per heavy atom. The van der Waals surface area contributed by atoms with E-state index in [1.807, 2.05) is 0 Å². The maximum Gasteiger partial charge on any atom is 0.0346 e. The molecule has 2 rings (SSSR count). The minimum atomic E-state index is 0.566. The molecular formula is C16H26N2. The van der Waals surface area contributed by atoms with E-state index in [1.165, 1.54) is 43.5 Å². The highest BCUT2D eigenvalue weighted by Gasteiger charge is 2.34. The number of hydrogen-bond donors (Lipinski definition) is 1. The Balaban J connectivity index is 2.01. The molecule has 1 aromatic rings. The molecule has 18 heavy (non-hydrogen) atoms. The highest BCUT2D eigenvalue weighted by molar-refractivity contribution is 5.48. The quantitative estimate of drug-likeness (QED) is 0.823. The van der Waals surface area contributed by atoms with Crippen molar-refractivity contribution < 1.29 is 0 Å². The van der Waals surface area contributed by atoms with Gasteiger partial charge in [-0.05, 0) is 55.3 Å². The standard InChI is InChI=1S/C16H26N2/c1-4-16(5-2)8-9-18(12-16)11-14-7-6-13(3)15(17)10-14/h6-7,10H,4-5,8-9,11-12,17H2,1-3H3. The summed E-state index contributed by atoms with van der Waals surface area (Å²) in [4.78, 5) is 2.58. The van der Waals surface area contributed by atoms with Gasteiger partial charge in [0.1, 0.15) is 0 Å². The second-order valence-electron chi connectivity index (χ2n) is 5.86. The molecule has 0 unspecified atom stereocenters. The van der Waals surface area contributed by atoms with Crippen LogP contribution in [0.4, 0.5) is 5.69 Å². The summed E-state index contributed by atoms with van der Waals surface area (Å²) in [7, 11) is 0. The van der Waals surface area contributed by atoms with E-state index in [2.05, 4.69) is 43.9 Å². The molecule has 0 aliphatic carbocycles. The van der Waals surface area contributed by atoms with Gasteiger partial charge in [0.15, 0.2) is 0 Å². The number of rotatable bonds is 4. The van der Waals surface area contributed by atoms with Crippen LogP contribution in [0.5, 0.6) is 0 Å². The molecule has 2 heteroatoms. The van der Waals surface area contributed by atoms with Gasteiger partial charge in [-0.3, -0.25) is 4.90 Å². The van der Waals surface area contributed by atoms with Crippen LogP contribution >= 0.6 is 0 Å². The molecule has 0 radical (unpaired) electrons. The molecule has 0 spiro atoms. The smallest absolute Gasteiger partial charge is 0.0346 e. The lowest BCUT2D eigenvalue weighted by atomic mass is 9.82. The van der Waals surface area contributed by atoms with Crippen LogP contribution in [0.2, 0.25) is 0 Å². The monoisotopic (exact) mass is 246 g/mol. The van der Waals surface area contributed by atoms with E-state index in [4.69, 9.17) is 5.73 Å². The molecule has 0 aromatic heterocycles. The normalized spacial score (nSPS) is 19.3. The zero-order valence-corrected chi connectivity index (χ0v) is 12.0. The van der Waals surface area contributed by atoms with Crippen molar-refractivity contribution in [1.29, 1.82) is 0 Å². The average molecular weight is 246 g/mol. The first-order valence-electron chi connectivity index (χ1n) is 7.16. The largest absolute Gasteiger partial charge is 0.399 e. The summed E-state index contributed by atoms with van der Waals surface area (Å²) in [6.07, 6.45) is 3.95. The fourth-order valence-electron chi connectivity index (χ4n) is 3.04. The lowest BCUT2D eigenvalue weighted by Gasteiger charge is -2.26. The third-order valence-corrected chi connectivity index (χ3v) is 4.77. The predicted octanol–water partition coefficient (Wildman–Crippen LogP) is 3.59. The molecule has 0 saturated carbocycles. The summed E-state index contributed by atoms with van der Waals surface area (Å²) in [6.45, 7) is 10.2. The van der Waals surface area contributed by atoms with E-state index in [0.29, 0.717) is 5.41 Å². The minimum Gasteiger partial charge on any atom is -0.399 e. The molecule has 1 fully saturated rings. The number of nitrogens with zero attached hydrogens (tertiary/aromatic N) is 1. The predicted molar refractivity (Wildman–Crippen MR) is 78.5 cm³/mol. The van der Waals surface area contributed by atoms with E-state index in [1.54, 1.807) is 0 Å². The third kappa shape index (κ3) is 2.69. The molecule has 100 valence electrons. The van der Waals surface area contributed by atoms with Crippen LogP contribution in [-0.2, 0) is 6.54 Å². The zero-order valence-electron chi connectivity index (χ0n) is 12.0. The molecular weight excluding hydrogens is 220 g/mol. The van der Waals surface area contributed by atoms with E-state index in [-0.39, 0.29) is 0 Å². The average Bonchev–Trinajstić information content (AvgIpc) is 2.78. The van der Waals surface area contributed by atoms with Crippen LogP contribution in [0.1, 0.15) is 44.2 Å². The first kappa shape index (κ1) is 13.4. The van der Waals surface area contributed by atoms with Gasteiger partial charge >= 0.3 is 0 Å². The fraction of sp³-hybridized carbons (Fsp3) is 0.625. The Hall–Kier alpha value is -1.02. The van der Waals surface area contributed by atoms with Gasteiger partial charge in [0.25, 0.3) is 0 Å². The summed E-state index contributed by atoms with van der Waals surface area (Å²) in [5.41, 5.74) is 9.99. The van der Waals surface area contributed by atoms with E-state index < -0.39 is 0 Å². The maximum absolute atomic E-state index is 5.98. The second-order valence-corrected chi connectivity index (χ2v) is 5.86. The fourth-order valence-corrected chi connectivity index (χ4v) is 3.04. The summed E-state index contributed by atoms with van der Waals surface area (Å²) >= 11 is 0. The zero-order chi connectivity index (χ0) is 13.2. The Kier molecular flexibility index (Phi) is 3.96. The summed E-state index contributed by atoms with van der Waals surface area (Å²) < 4.78 is 0. The van der Waals surface area contributed by atoms with Gasteiger partial charge in [0.05, 0.1) is 0 Å². The van der Waals surface area contributed by atoms with Crippen molar-refractivity contribution >= 4 is 5.69 Å². The van der Waals surface area contributed by atoms with Gasteiger partial charge in [-0.15, -0.1) is 0 Å². The second kappa shape index (κ2) is 5.31. The molecule has 1 aliphatic heterocycles. The van der Waals surface area contributed by atoms with Crippen LogP contribution in [0.3, 0.4) is 0 Å². The van der Waals surface area contributed by atoms with Crippen molar-refractivity contribution in [3.8, 4) is 0 Å². The number of hydrogen-bond acceptors (Lipinski definition) is 2. The van der Waals surface area contributed by atoms with Gasteiger partial charge in [-0.2, -0.15) is 0 Å². The number of nitrogen functional groups attached to an aromatic ring is 1. The van der Waals surface area contributed by atoms with Gasteiger partial charge in [-0.25, -0.2) is 0 Å². The van der Waals surface area contributed by atoms with Crippen LogP contribution in [0, 0.1) is 12.3 Å². The van der Waals surface area contributed by atoms with Crippen molar-refractivity contribution in [2.45, 2.75) is 46.6 Å². The molecule has 1 saturated heterocycles. The highest BCUT2D eigenvalue weighted by atomic mass is 15.2. The van der Waals surface area contributed by atoms with Crippen LogP contribution in [0.15, 0.2) is 18.2 Å². The molecule has 0 atom stereocenters. The van der Waals surface area contributed by atoms with Crippen molar-refractivity contribution in [3.05, 3.63) is 29.3 Å². The molecule has 2 nitrogen and oxygen atoms in total. The summed E-state index contributed by atoms with van der Waals surface area (Å²) in [5, 5.41) is 0. The number of aryl methyl sites for hydroxylation is 1. The molecule has 2 N–H and O–H groups in total. The van der Waals surface area contributed by atoms with Crippen molar-refractivity contribution in [2.75, 3.05) is 18.8 Å².